The number of hydrogen-bond donors (Lipinski definition) is 3. The molecule has 12 heteroatoms. The number of rotatable bonds is 17. The summed E-state index contributed by atoms with van der Waals surface area (Å²) in [5, 5.41) is 8.20. The predicted octanol–water partition coefficient (Wildman–Crippen LogP) is 4.99. The lowest BCUT2D eigenvalue weighted by atomic mass is 10.0. The molecule has 0 bridgehead atoms. The third-order valence-electron chi connectivity index (χ3n) is 7.32. The van der Waals surface area contributed by atoms with Crippen LogP contribution < -0.4 is 20.7 Å². The van der Waals surface area contributed by atoms with Gasteiger partial charge in [-0.2, -0.15) is 0 Å². The van der Waals surface area contributed by atoms with Crippen molar-refractivity contribution >= 4 is 29.8 Å². The number of aryl methyl sites for hydroxylation is 2. The summed E-state index contributed by atoms with van der Waals surface area (Å²) in [7, 11) is 1.71. The lowest BCUT2D eigenvalue weighted by Crippen LogP contribution is -2.54. The first-order chi connectivity index (χ1) is 23.3. The lowest BCUT2D eigenvalue weighted by Gasteiger charge is -2.24. The molecule has 0 saturated carbocycles. The predicted molar refractivity (Wildman–Crippen MR) is 191 cm³/mol. The van der Waals surface area contributed by atoms with Crippen LogP contribution in [0.5, 0.6) is 5.75 Å². The van der Waals surface area contributed by atoms with Crippen LogP contribution in [0.15, 0.2) is 48.5 Å². The van der Waals surface area contributed by atoms with Gasteiger partial charge in [0, 0.05) is 27.1 Å². The van der Waals surface area contributed by atoms with Gasteiger partial charge in [0.1, 0.15) is 29.0 Å². The summed E-state index contributed by atoms with van der Waals surface area (Å²) in [4.78, 5) is 65.1. The summed E-state index contributed by atoms with van der Waals surface area (Å²) >= 11 is 0. The quantitative estimate of drug-likeness (QED) is 0.155. The molecular formula is C38H56N4O8. The van der Waals surface area contributed by atoms with E-state index in [1.165, 1.54) is 6.92 Å². The molecule has 0 unspecified atom stereocenters. The molecule has 2 atom stereocenters. The Morgan fingerprint density at radius 1 is 0.820 bits per heavy atom. The van der Waals surface area contributed by atoms with E-state index < -0.39 is 47.0 Å². The number of benzene rings is 2. The fraction of sp³-hybridized carbons (Fsp3) is 0.553. The molecule has 0 aromatic heterocycles. The largest absolute Gasteiger partial charge is 0.494 e. The normalized spacial score (nSPS) is 12.6. The van der Waals surface area contributed by atoms with E-state index in [4.69, 9.17) is 14.2 Å². The molecule has 0 spiro atoms. The summed E-state index contributed by atoms with van der Waals surface area (Å²) in [6.07, 6.45) is 1.50. The van der Waals surface area contributed by atoms with Gasteiger partial charge in [-0.05, 0) is 103 Å². The molecule has 4 amide bonds. The molecule has 12 nitrogen and oxygen atoms in total. The van der Waals surface area contributed by atoms with Crippen molar-refractivity contribution in [2.75, 3.05) is 20.2 Å². The number of hydrogen-bond acceptors (Lipinski definition) is 8. The van der Waals surface area contributed by atoms with Gasteiger partial charge in [0.05, 0.1) is 13.0 Å². The van der Waals surface area contributed by atoms with E-state index in [-0.39, 0.29) is 25.5 Å². The van der Waals surface area contributed by atoms with Crippen LogP contribution in [0.1, 0.15) is 90.8 Å². The lowest BCUT2D eigenvalue weighted by molar-refractivity contribution is -0.156. The Labute approximate surface area is 297 Å². The highest BCUT2D eigenvalue weighted by atomic mass is 16.6. The van der Waals surface area contributed by atoms with Gasteiger partial charge in [-0.1, -0.05) is 36.4 Å². The molecule has 0 aliphatic carbocycles. The summed E-state index contributed by atoms with van der Waals surface area (Å²) in [6, 6.07) is 13.1. The number of amides is 4. The van der Waals surface area contributed by atoms with Crippen LogP contribution in [-0.4, -0.2) is 78.2 Å². The fourth-order valence-corrected chi connectivity index (χ4v) is 4.81. The van der Waals surface area contributed by atoms with Gasteiger partial charge in [0.15, 0.2) is 0 Å². The van der Waals surface area contributed by atoms with Crippen molar-refractivity contribution in [1.82, 2.24) is 20.9 Å². The van der Waals surface area contributed by atoms with Crippen molar-refractivity contribution in [3.63, 3.8) is 0 Å². The van der Waals surface area contributed by atoms with E-state index in [1.54, 1.807) is 32.7 Å². The van der Waals surface area contributed by atoms with Crippen LogP contribution in [0.25, 0.3) is 0 Å². The highest BCUT2D eigenvalue weighted by Crippen LogP contribution is 2.19. The van der Waals surface area contributed by atoms with Crippen molar-refractivity contribution < 1.29 is 38.2 Å². The minimum absolute atomic E-state index is 0.188. The standard InChI is InChI=1S/C38H56N4O8/c1-26-17-19-30(48-22-14-13-21-42(9)36(47)50-38(6,7)8)23-29(26)25-39-34(45)31(20-18-28-15-11-10-12-16-28)41-35(46)32(40-27(2)43)24-33(44)49-37(3,4)5/h10-12,15-17,19,23,31-32H,13-14,18,20-22,24-25H2,1-9H3,(H,39,45)(H,40,43)(H,41,46)/t31-,32-/m0/s1. The molecule has 3 N–H and O–H groups in total. The van der Waals surface area contributed by atoms with Crippen molar-refractivity contribution in [2.45, 2.75) is 117 Å². The maximum absolute atomic E-state index is 13.6. The number of carbonyl (C=O) groups is 5. The van der Waals surface area contributed by atoms with Gasteiger partial charge in [0.2, 0.25) is 17.7 Å². The molecular weight excluding hydrogens is 640 g/mol. The number of esters is 1. The monoisotopic (exact) mass is 696 g/mol. The number of ether oxygens (including phenoxy) is 3. The Morgan fingerprint density at radius 2 is 1.48 bits per heavy atom. The third kappa shape index (κ3) is 16.7. The second kappa shape index (κ2) is 19.5. The zero-order chi connectivity index (χ0) is 37.5. The van der Waals surface area contributed by atoms with Gasteiger partial charge in [-0.3, -0.25) is 19.2 Å². The molecule has 0 fully saturated rings. The second-order valence-corrected chi connectivity index (χ2v) is 14.4. The zero-order valence-corrected chi connectivity index (χ0v) is 31.1. The summed E-state index contributed by atoms with van der Waals surface area (Å²) in [5.74, 6) is -1.57. The Bertz CT molecular complexity index is 1430. The van der Waals surface area contributed by atoms with E-state index in [9.17, 15) is 24.0 Å². The summed E-state index contributed by atoms with van der Waals surface area (Å²) in [5.41, 5.74) is 1.46. The van der Waals surface area contributed by atoms with Crippen molar-refractivity contribution in [3.05, 3.63) is 65.2 Å². The first-order valence-corrected chi connectivity index (χ1v) is 17.1. The van der Waals surface area contributed by atoms with Crippen molar-refractivity contribution in [2.24, 2.45) is 0 Å². The average molecular weight is 697 g/mol. The molecule has 0 aliphatic rings. The Morgan fingerprint density at radius 3 is 2.10 bits per heavy atom. The second-order valence-electron chi connectivity index (χ2n) is 14.4. The molecule has 50 heavy (non-hydrogen) atoms. The van der Waals surface area contributed by atoms with Crippen LogP contribution in [0.4, 0.5) is 4.79 Å². The van der Waals surface area contributed by atoms with E-state index >= 15 is 0 Å². The topological polar surface area (TPSA) is 152 Å². The van der Waals surface area contributed by atoms with Crippen LogP contribution in [0.2, 0.25) is 0 Å². The van der Waals surface area contributed by atoms with E-state index in [1.807, 2.05) is 76.2 Å². The molecule has 2 aromatic carbocycles. The molecule has 0 saturated heterocycles. The highest BCUT2D eigenvalue weighted by molar-refractivity contribution is 5.94. The maximum atomic E-state index is 13.6. The van der Waals surface area contributed by atoms with Crippen LogP contribution >= 0.6 is 0 Å². The smallest absolute Gasteiger partial charge is 0.410 e. The Kier molecular flexibility index (Phi) is 16.2. The molecule has 0 radical (unpaired) electrons. The minimum Gasteiger partial charge on any atom is -0.494 e. The molecule has 2 rings (SSSR count). The molecule has 0 aliphatic heterocycles. The average Bonchev–Trinajstić information content (AvgIpc) is 3.00. The van der Waals surface area contributed by atoms with E-state index in [0.29, 0.717) is 25.3 Å². The third-order valence-corrected chi connectivity index (χ3v) is 7.32. The highest BCUT2D eigenvalue weighted by Gasteiger charge is 2.30. The van der Waals surface area contributed by atoms with Crippen LogP contribution in [0.3, 0.4) is 0 Å². The number of nitrogens with zero attached hydrogens (tertiary/aromatic N) is 1. The maximum Gasteiger partial charge on any atom is 0.410 e. The SMILES string of the molecule is CC(=O)N[C@@H](CC(=O)OC(C)(C)C)C(=O)N[C@@H](CCc1ccccc1)C(=O)NCc1cc(OCCCCN(C)C(=O)OC(C)(C)C)ccc1C. The first-order valence-electron chi connectivity index (χ1n) is 17.1. The first kappa shape index (κ1) is 41.6. The van der Waals surface area contributed by atoms with Crippen LogP contribution in [0, 0.1) is 6.92 Å². The van der Waals surface area contributed by atoms with Gasteiger partial charge >= 0.3 is 12.1 Å². The number of carbonyl (C=O) groups excluding carboxylic acids is 5. The summed E-state index contributed by atoms with van der Waals surface area (Å²) < 4.78 is 16.7. The molecule has 2 aromatic rings. The molecule has 0 heterocycles. The van der Waals surface area contributed by atoms with Crippen molar-refractivity contribution in [3.8, 4) is 5.75 Å². The number of unbranched alkanes of at least 4 members (excludes halogenated alkanes) is 1. The number of nitrogens with one attached hydrogen (secondary N) is 3. The van der Waals surface area contributed by atoms with Gasteiger partial charge in [-0.15, -0.1) is 0 Å². The van der Waals surface area contributed by atoms with Gasteiger partial charge < -0.3 is 35.1 Å². The fourth-order valence-electron chi connectivity index (χ4n) is 4.81. The van der Waals surface area contributed by atoms with Gasteiger partial charge in [-0.25, -0.2) is 4.79 Å². The summed E-state index contributed by atoms with van der Waals surface area (Å²) in [6.45, 7) is 15.0. The Hall–Kier alpha value is -4.61. The van der Waals surface area contributed by atoms with Crippen LogP contribution in [-0.2, 0) is 41.6 Å². The van der Waals surface area contributed by atoms with E-state index in [2.05, 4.69) is 16.0 Å². The van der Waals surface area contributed by atoms with Crippen molar-refractivity contribution in [1.29, 1.82) is 0 Å². The van der Waals surface area contributed by atoms with E-state index in [0.717, 1.165) is 29.5 Å². The zero-order valence-electron chi connectivity index (χ0n) is 31.1. The Balaban J connectivity index is 2.05. The molecule has 276 valence electrons. The minimum atomic E-state index is -1.22. The van der Waals surface area contributed by atoms with Gasteiger partial charge in [0.25, 0.3) is 0 Å².